The standard InChI is InChI=1S/C13H30N2O2/c1-12(2,9-14(5)6)16-11-17-13(3,4)10-15(7)8/h9-11H2,1-8H3. The second kappa shape index (κ2) is 6.69. The van der Waals surface area contributed by atoms with Gasteiger partial charge in [0.15, 0.2) is 0 Å². The molecule has 0 aromatic heterocycles. The molecule has 0 aromatic carbocycles. The van der Waals surface area contributed by atoms with Gasteiger partial charge in [0.05, 0.1) is 11.2 Å². The second-order valence-electron chi connectivity index (χ2n) is 6.40. The first-order valence-corrected chi connectivity index (χ1v) is 6.11. The largest absolute Gasteiger partial charge is 0.348 e. The predicted molar refractivity (Wildman–Crippen MR) is 72.3 cm³/mol. The predicted octanol–water partition coefficient (Wildman–Crippen LogP) is 1.66. The molecule has 0 unspecified atom stereocenters. The van der Waals surface area contributed by atoms with Crippen molar-refractivity contribution in [2.45, 2.75) is 38.9 Å². The lowest BCUT2D eigenvalue weighted by Gasteiger charge is -2.32. The number of ether oxygens (including phenoxy) is 2. The van der Waals surface area contributed by atoms with Gasteiger partial charge in [-0.25, -0.2) is 0 Å². The lowest BCUT2D eigenvalue weighted by atomic mass is 10.1. The Bertz CT molecular complexity index is 191. The Hall–Kier alpha value is -0.160. The second-order valence-corrected chi connectivity index (χ2v) is 6.40. The SMILES string of the molecule is CN(C)CC(C)(C)OCOC(C)(C)CN(C)C. The number of rotatable bonds is 8. The van der Waals surface area contributed by atoms with Crippen molar-refractivity contribution in [3.05, 3.63) is 0 Å². The molecule has 0 spiro atoms. The summed E-state index contributed by atoms with van der Waals surface area (Å²) in [6.07, 6.45) is 0. The third-order valence-electron chi connectivity index (χ3n) is 2.29. The molecule has 0 amide bonds. The number of likely N-dealkylation sites (N-methyl/N-ethyl adjacent to an activating group) is 2. The van der Waals surface area contributed by atoms with Crippen molar-refractivity contribution in [1.29, 1.82) is 0 Å². The van der Waals surface area contributed by atoms with Gasteiger partial charge < -0.3 is 19.3 Å². The molecule has 4 nitrogen and oxygen atoms in total. The van der Waals surface area contributed by atoms with Gasteiger partial charge in [-0.3, -0.25) is 0 Å². The highest BCUT2D eigenvalue weighted by Crippen LogP contribution is 2.14. The third kappa shape index (κ3) is 9.53. The van der Waals surface area contributed by atoms with Gasteiger partial charge in [0, 0.05) is 13.1 Å². The Labute approximate surface area is 107 Å². The van der Waals surface area contributed by atoms with Crippen molar-refractivity contribution in [1.82, 2.24) is 9.80 Å². The summed E-state index contributed by atoms with van der Waals surface area (Å²) in [5.41, 5.74) is -0.366. The number of hydrogen-bond acceptors (Lipinski definition) is 4. The van der Waals surface area contributed by atoms with Crippen molar-refractivity contribution < 1.29 is 9.47 Å². The summed E-state index contributed by atoms with van der Waals surface area (Å²) in [6.45, 7) is 10.4. The van der Waals surface area contributed by atoms with E-state index in [1.54, 1.807) is 0 Å². The maximum atomic E-state index is 5.78. The van der Waals surface area contributed by atoms with E-state index in [0.29, 0.717) is 6.79 Å². The van der Waals surface area contributed by atoms with Gasteiger partial charge in [0.2, 0.25) is 0 Å². The zero-order valence-corrected chi connectivity index (χ0v) is 12.8. The molecule has 0 bridgehead atoms. The molecule has 0 radical (unpaired) electrons. The third-order valence-corrected chi connectivity index (χ3v) is 2.29. The van der Waals surface area contributed by atoms with E-state index >= 15 is 0 Å². The fraction of sp³-hybridized carbons (Fsp3) is 1.00. The van der Waals surface area contributed by atoms with E-state index in [9.17, 15) is 0 Å². The first kappa shape index (κ1) is 16.8. The molecular weight excluding hydrogens is 216 g/mol. The maximum absolute atomic E-state index is 5.78. The molecule has 0 aliphatic rings. The van der Waals surface area contributed by atoms with Crippen LogP contribution in [0.3, 0.4) is 0 Å². The number of hydrogen-bond donors (Lipinski definition) is 0. The summed E-state index contributed by atoms with van der Waals surface area (Å²) >= 11 is 0. The van der Waals surface area contributed by atoms with Crippen molar-refractivity contribution in [2.24, 2.45) is 0 Å². The molecule has 0 fully saturated rings. The Balaban J connectivity index is 3.97. The fourth-order valence-electron chi connectivity index (χ4n) is 1.96. The van der Waals surface area contributed by atoms with Gasteiger partial charge in [-0.05, 0) is 55.9 Å². The van der Waals surface area contributed by atoms with Crippen LogP contribution < -0.4 is 0 Å². The normalized spacial score (nSPS) is 13.8. The number of nitrogens with zero attached hydrogens (tertiary/aromatic N) is 2. The molecule has 0 heterocycles. The summed E-state index contributed by atoms with van der Waals surface area (Å²) in [5, 5.41) is 0. The molecule has 0 atom stereocenters. The van der Waals surface area contributed by atoms with Crippen LogP contribution >= 0.6 is 0 Å². The summed E-state index contributed by atoms with van der Waals surface area (Å²) < 4.78 is 11.6. The zero-order valence-electron chi connectivity index (χ0n) is 12.8. The van der Waals surface area contributed by atoms with Crippen LogP contribution in [0.2, 0.25) is 0 Å². The van der Waals surface area contributed by atoms with E-state index in [1.807, 2.05) is 28.2 Å². The molecule has 0 aliphatic heterocycles. The maximum Gasteiger partial charge on any atom is 0.148 e. The average Bonchev–Trinajstić information content (AvgIpc) is 1.96. The van der Waals surface area contributed by atoms with Crippen LogP contribution in [0.4, 0.5) is 0 Å². The summed E-state index contributed by atoms with van der Waals surface area (Å²) in [7, 11) is 8.17. The minimum Gasteiger partial charge on any atom is -0.348 e. The average molecular weight is 246 g/mol. The molecule has 4 heteroatoms. The lowest BCUT2D eigenvalue weighted by molar-refractivity contribution is -0.180. The van der Waals surface area contributed by atoms with Crippen molar-refractivity contribution in [3.63, 3.8) is 0 Å². The molecule has 0 rings (SSSR count). The molecule has 0 N–H and O–H groups in total. The van der Waals surface area contributed by atoms with Crippen LogP contribution in [0.5, 0.6) is 0 Å². The van der Waals surface area contributed by atoms with Crippen LogP contribution in [0.1, 0.15) is 27.7 Å². The monoisotopic (exact) mass is 246 g/mol. The molecular formula is C13H30N2O2. The van der Waals surface area contributed by atoms with Gasteiger partial charge in [-0.2, -0.15) is 0 Å². The minimum atomic E-state index is -0.183. The molecule has 17 heavy (non-hydrogen) atoms. The van der Waals surface area contributed by atoms with Crippen LogP contribution in [0.15, 0.2) is 0 Å². The van der Waals surface area contributed by atoms with E-state index < -0.39 is 0 Å². The topological polar surface area (TPSA) is 24.9 Å². The molecule has 0 saturated carbocycles. The van der Waals surface area contributed by atoms with Crippen LogP contribution in [-0.4, -0.2) is 69.1 Å². The lowest BCUT2D eigenvalue weighted by Crippen LogP contribution is -2.41. The van der Waals surface area contributed by atoms with Gasteiger partial charge >= 0.3 is 0 Å². The molecule has 0 aliphatic carbocycles. The van der Waals surface area contributed by atoms with Crippen molar-refractivity contribution in [2.75, 3.05) is 48.1 Å². The van der Waals surface area contributed by atoms with E-state index in [2.05, 4.69) is 37.5 Å². The molecule has 0 saturated heterocycles. The Kier molecular flexibility index (Phi) is 6.62. The zero-order chi connectivity index (χ0) is 13.7. The highest BCUT2D eigenvalue weighted by Gasteiger charge is 2.23. The van der Waals surface area contributed by atoms with E-state index in [1.165, 1.54) is 0 Å². The van der Waals surface area contributed by atoms with Gasteiger partial charge in [0.25, 0.3) is 0 Å². The van der Waals surface area contributed by atoms with E-state index in [-0.39, 0.29) is 11.2 Å². The first-order chi connectivity index (χ1) is 7.54. The first-order valence-electron chi connectivity index (χ1n) is 6.11. The Morgan fingerprint density at radius 1 is 0.706 bits per heavy atom. The van der Waals surface area contributed by atoms with Crippen LogP contribution in [0.25, 0.3) is 0 Å². The summed E-state index contributed by atoms with van der Waals surface area (Å²) in [5.74, 6) is 0. The van der Waals surface area contributed by atoms with Crippen LogP contribution in [-0.2, 0) is 9.47 Å². The summed E-state index contributed by atoms with van der Waals surface area (Å²) in [4.78, 5) is 4.23. The Morgan fingerprint density at radius 3 is 1.24 bits per heavy atom. The quantitative estimate of drug-likeness (QED) is 0.608. The Morgan fingerprint density at radius 2 is 1.00 bits per heavy atom. The van der Waals surface area contributed by atoms with Gasteiger partial charge in [-0.1, -0.05) is 0 Å². The van der Waals surface area contributed by atoms with Crippen LogP contribution in [0, 0.1) is 0 Å². The van der Waals surface area contributed by atoms with E-state index in [0.717, 1.165) is 13.1 Å². The van der Waals surface area contributed by atoms with Gasteiger partial charge in [0.1, 0.15) is 6.79 Å². The van der Waals surface area contributed by atoms with Gasteiger partial charge in [-0.15, -0.1) is 0 Å². The molecule has 104 valence electrons. The molecule has 0 aromatic rings. The van der Waals surface area contributed by atoms with E-state index in [4.69, 9.17) is 9.47 Å². The van der Waals surface area contributed by atoms with Crippen molar-refractivity contribution >= 4 is 0 Å². The minimum absolute atomic E-state index is 0.183. The fourth-order valence-corrected chi connectivity index (χ4v) is 1.96. The highest BCUT2D eigenvalue weighted by atomic mass is 16.7. The summed E-state index contributed by atoms with van der Waals surface area (Å²) in [6, 6.07) is 0. The van der Waals surface area contributed by atoms with Crippen molar-refractivity contribution in [3.8, 4) is 0 Å². The smallest absolute Gasteiger partial charge is 0.148 e. The highest BCUT2D eigenvalue weighted by molar-refractivity contribution is 4.73.